The van der Waals surface area contributed by atoms with Gasteiger partial charge in [0, 0.05) is 31.7 Å². The summed E-state index contributed by atoms with van der Waals surface area (Å²) in [7, 11) is 0. The van der Waals surface area contributed by atoms with E-state index in [0.717, 1.165) is 30.8 Å². The van der Waals surface area contributed by atoms with Gasteiger partial charge in [0.2, 0.25) is 0 Å². The number of nitrogens with zero attached hydrogens (tertiary/aromatic N) is 7. The summed E-state index contributed by atoms with van der Waals surface area (Å²) in [6, 6.07) is 4.36. The highest BCUT2D eigenvalue weighted by Gasteiger charge is 2.26. The lowest BCUT2D eigenvalue weighted by atomic mass is 10.3. The maximum Gasteiger partial charge on any atom is 0.154 e. The van der Waals surface area contributed by atoms with Crippen LogP contribution in [0.2, 0.25) is 0 Å². The van der Waals surface area contributed by atoms with Crippen LogP contribution in [0.15, 0.2) is 37.1 Å². The first-order valence-corrected chi connectivity index (χ1v) is 6.83. The van der Waals surface area contributed by atoms with Crippen molar-refractivity contribution in [1.82, 2.24) is 24.4 Å². The van der Waals surface area contributed by atoms with Crippen LogP contribution in [0.4, 0.5) is 5.82 Å². The molecule has 104 valence electrons. The van der Waals surface area contributed by atoms with Crippen molar-refractivity contribution in [3.05, 3.63) is 42.6 Å². The quantitative estimate of drug-likeness (QED) is 0.705. The van der Waals surface area contributed by atoms with Crippen LogP contribution in [0.1, 0.15) is 18.0 Å². The van der Waals surface area contributed by atoms with E-state index in [-0.39, 0.29) is 6.04 Å². The van der Waals surface area contributed by atoms with E-state index in [9.17, 15) is 0 Å². The van der Waals surface area contributed by atoms with E-state index in [1.165, 1.54) is 0 Å². The second-order valence-electron chi connectivity index (χ2n) is 5.12. The molecule has 1 fully saturated rings. The highest BCUT2D eigenvalue weighted by Crippen LogP contribution is 2.27. The van der Waals surface area contributed by atoms with Crippen LogP contribution in [-0.2, 0) is 0 Å². The molecule has 0 amide bonds. The molecule has 1 aliphatic heterocycles. The highest BCUT2D eigenvalue weighted by molar-refractivity contribution is 5.68. The lowest BCUT2D eigenvalue weighted by molar-refractivity contribution is 0.494. The maximum atomic E-state index is 8.88. The number of hydrogen-bond acceptors (Lipinski definition) is 5. The van der Waals surface area contributed by atoms with Gasteiger partial charge in [0.1, 0.15) is 11.6 Å². The Bertz CT molecular complexity index is 825. The summed E-state index contributed by atoms with van der Waals surface area (Å²) in [5.41, 5.74) is 1.61. The van der Waals surface area contributed by atoms with Crippen LogP contribution in [-0.4, -0.2) is 37.5 Å². The molecule has 4 heterocycles. The van der Waals surface area contributed by atoms with Crippen molar-refractivity contribution in [2.24, 2.45) is 0 Å². The van der Waals surface area contributed by atoms with Gasteiger partial charge in [-0.1, -0.05) is 0 Å². The van der Waals surface area contributed by atoms with E-state index in [1.54, 1.807) is 24.8 Å². The highest BCUT2D eigenvalue weighted by atomic mass is 15.3. The second-order valence-corrected chi connectivity index (χ2v) is 5.12. The van der Waals surface area contributed by atoms with Crippen LogP contribution in [0, 0.1) is 11.3 Å². The van der Waals surface area contributed by atoms with Crippen molar-refractivity contribution in [1.29, 1.82) is 5.26 Å². The SMILES string of the molecule is N#Cc1cnn(C2CCN(c3nccn4nccc34)C2)c1. The lowest BCUT2D eigenvalue weighted by Gasteiger charge is -2.18. The van der Waals surface area contributed by atoms with Gasteiger partial charge in [-0.25, -0.2) is 9.50 Å². The van der Waals surface area contributed by atoms with Crippen LogP contribution in [0.25, 0.3) is 5.52 Å². The Morgan fingerprint density at radius 2 is 2.24 bits per heavy atom. The minimum Gasteiger partial charge on any atom is -0.353 e. The molecule has 3 aromatic rings. The van der Waals surface area contributed by atoms with Gasteiger partial charge < -0.3 is 4.90 Å². The molecule has 0 saturated carbocycles. The standard InChI is InChI=1S/C14H13N7/c15-7-11-8-18-21(9-11)12-2-5-19(10-12)14-13-1-3-17-20(13)6-4-16-14/h1,3-4,6,8-9,12H,2,5,10H2. The third-order valence-corrected chi connectivity index (χ3v) is 3.87. The van der Waals surface area contributed by atoms with Crippen molar-refractivity contribution in [3.8, 4) is 6.07 Å². The van der Waals surface area contributed by atoms with E-state index in [1.807, 2.05) is 21.5 Å². The molecule has 0 radical (unpaired) electrons. The van der Waals surface area contributed by atoms with Crippen molar-refractivity contribution in [3.63, 3.8) is 0 Å². The first-order valence-electron chi connectivity index (χ1n) is 6.83. The van der Waals surface area contributed by atoms with Gasteiger partial charge in [0.05, 0.1) is 24.0 Å². The third kappa shape index (κ3) is 1.92. The number of aromatic nitrogens is 5. The molecule has 0 N–H and O–H groups in total. The van der Waals surface area contributed by atoms with Crippen LogP contribution >= 0.6 is 0 Å². The fourth-order valence-corrected chi connectivity index (χ4v) is 2.83. The molecule has 3 aromatic heterocycles. The van der Waals surface area contributed by atoms with E-state index in [0.29, 0.717) is 5.56 Å². The Morgan fingerprint density at radius 1 is 1.29 bits per heavy atom. The fourth-order valence-electron chi connectivity index (χ4n) is 2.83. The molecule has 4 rings (SSSR count). The third-order valence-electron chi connectivity index (χ3n) is 3.87. The monoisotopic (exact) mass is 279 g/mol. The minimum absolute atomic E-state index is 0.275. The first kappa shape index (κ1) is 11.9. The van der Waals surface area contributed by atoms with E-state index in [4.69, 9.17) is 5.26 Å². The van der Waals surface area contributed by atoms with Gasteiger partial charge in [-0.3, -0.25) is 4.68 Å². The number of rotatable bonds is 2. The van der Waals surface area contributed by atoms with Gasteiger partial charge in [0.25, 0.3) is 0 Å². The number of hydrogen-bond donors (Lipinski definition) is 0. The van der Waals surface area contributed by atoms with Crippen LogP contribution in [0.3, 0.4) is 0 Å². The predicted octanol–water partition coefficient (Wildman–Crippen LogP) is 1.25. The molecule has 7 heteroatoms. The molecule has 7 nitrogen and oxygen atoms in total. The Kier molecular flexibility index (Phi) is 2.60. The molecule has 1 aliphatic rings. The number of anilines is 1. The number of nitriles is 1. The zero-order chi connectivity index (χ0) is 14.2. The molecule has 1 atom stereocenters. The zero-order valence-corrected chi connectivity index (χ0v) is 11.3. The van der Waals surface area contributed by atoms with E-state index < -0.39 is 0 Å². The molecular formula is C14H13N7. The summed E-state index contributed by atoms with van der Waals surface area (Å²) in [5.74, 6) is 0.949. The average molecular weight is 279 g/mol. The van der Waals surface area contributed by atoms with Gasteiger partial charge in [-0.2, -0.15) is 15.5 Å². The van der Waals surface area contributed by atoms with Crippen molar-refractivity contribution >= 4 is 11.3 Å². The Balaban J connectivity index is 1.61. The summed E-state index contributed by atoms with van der Waals surface area (Å²) >= 11 is 0. The predicted molar refractivity (Wildman–Crippen MR) is 75.8 cm³/mol. The summed E-state index contributed by atoms with van der Waals surface area (Å²) in [4.78, 5) is 6.74. The second kappa shape index (κ2) is 4.59. The Morgan fingerprint density at radius 3 is 3.10 bits per heavy atom. The molecular weight excluding hydrogens is 266 g/mol. The van der Waals surface area contributed by atoms with Crippen molar-refractivity contribution < 1.29 is 0 Å². The normalized spacial score (nSPS) is 18.2. The molecule has 21 heavy (non-hydrogen) atoms. The Hall–Kier alpha value is -2.88. The summed E-state index contributed by atoms with van der Waals surface area (Å²) in [6.45, 7) is 1.76. The minimum atomic E-state index is 0.275. The molecule has 1 unspecified atom stereocenters. The zero-order valence-electron chi connectivity index (χ0n) is 11.3. The van der Waals surface area contributed by atoms with Crippen LogP contribution in [0.5, 0.6) is 0 Å². The molecule has 0 aliphatic carbocycles. The molecule has 0 bridgehead atoms. The number of fused-ring (bicyclic) bond motifs is 1. The average Bonchev–Trinajstić information content (AvgIpc) is 3.25. The van der Waals surface area contributed by atoms with Gasteiger partial charge in [-0.15, -0.1) is 0 Å². The lowest BCUT2D eigenvalue weighted by Crippen LogP contribution is -2.22. The van der Waals surface area contributed by atoms with E-state index in [2.05, 4.69) is 26.2 Å². The topological polar surface area (TPSA) is 75.0 Å². The summed E-state index contributed by atoms with van der Waals surface area (Å²) in [6.07, 6.45) is 9.80. The van der Waals surface area contributed by atoms with E-state index >= 15 is 0 Å². The largest absolute Gasteiger partial charge is 0.353 e. The van der Waals surface area contributed by atoms with Gasteiger partial charge in [0.15, 0.2) is 5.82 Å². The summed E-state index contributed by atoms with van der Waals surface area (Å²) in [5, 5.41) is 17.4. The molecule has 1 saturated heterocycles. The smallest absolute Gasteiger partial charge is 0.154 e. The Labute approximate surface area is 121 Å². The fraction of sp³-hybridized carbons (Fsp3) is 0.286. The maximum absolute atomic E-state index is 8.88. The van der Waals surface area contributed by atoms with Crippen molar-refractivity contribution in [2.75, 3.05) is 18.0 Å². The summed E-state index contributed by atoms with van der Waals surface area (Å²) < 4.78 is 3.71. The van der Waals surface area contributed by atoms with Gasteiger partial charge in [-0.05, 0) is 12.5 Å². The van der Waals surface area contributed by atoms with Crippen LogP contribution < -0.4 is 4.90 Å². The molecule has 0 aromatic carbocycles. The van der Waals surface area contributed by atoms with Gasteiger partial charge >= 0.3 is 0 Å². The first-order chi connectivity index (χ1) is 10.3. The molecule has 0 spiro atoms. The van der Waals surface area contributed by atoms with Crippen molar-refractivity contribution in [2.45, 2.75) is 12.5 Å².